The predicted octanol–water partition coefficient (Wildman–Crippen LogP) is 3.21. The van der Waals surface area contributed by atoms with Gasteiger partial charge in [0.25, 0.3) is 0 Å². The summed E-state index contributed by atoms with van der Waals surface area (Å²) in [7, 11) is 0. The van der Waals surface area contributed by atoms with E-state index in [4.69, 9.17) is 21.1 Å². The number of hydrogen-bond acceptors (Lipinski definition) is 4. The highest BCUT2D eigenvalue weighted by Crippen LogP contribution is 2.41. The Kier molecular flexibility index (Phi) is 3.67. The van der Waals surface area contributed by atoms with Crippen LogP contribution in [0.15, 0.2) is 42.5 Å². The number of aliphatic hydroxyl groups is 1. The van der Waals surface area contributed by atoms with Crippen LogP contribution in [0.5, 0.6) is 11.5 Å². The molecule has 1 unspecified atom stereocenters. The van der Waals surface area contributed by atoms with Crippen molar-refractivity contribution in [3.63, 3.8) is 0 Å². The first-order chi connectivity index (χ1) is 9.78. The van der Waals surface area contributed by atoms with Crippen LogP contribution in [0.2, 0.25) is 5.02 Å². The Bertz CT molecular complexity index is 604. The lowest BCUT2D eigenvalue weighted by atomic mass is 10.1. The first kappa shape index (κ1) is 13.1. The first-order valence-corrected chi connectivity index (χ1v) is 6.67. The lowest BCUT2D eigenvalue weighted by Crippen LogP contribution is -2.14. The number of para-hydroxylation sites is 1. The summed E-state index contributed by atoms with van der Waals surface area (Å²) in [6.07, 6.45) is 0. The minimum absolute atomic E-state index is 0.0507. The standard InChI is InChI=1S/C15H14ClNO3/c16-12-6-10(7-14-15(12)20-9-19-14)13(8-18)17-11-4-2-1-3-5-11/h1-7,13,17-18H,8-9H2. The number of hydrogen-bond donors (Lipinski definition) is 2. The average molecular weight is 292 g/mol. The van der Waals surface area contributed by atoms with Gasteiger partial charge in [-0.2, -0.15) is 0 Å². The molecule has 0 bridgehead atoms. The van der Waals surface area contributed by atoms with Crippen LogP contribution in [-0.4, -0.2) is 18.5 Å². The molecule has 104 valence electrons. The van der Waals surface area contributed by atoms with Gasteiger partial charge in [0.05, 0.1) is 17.7 Å². The van der Waals surface area contributed by atoms with Gasteiger partial charge in [0.1, 0.15) is 0 Å². The van der Waals surface area contributed by atoms with Crippen LogP contribution in [0.4, 0.5) is 5.69 Å². The maximum absolute atomic E-state index is 9.60. The number of aliphatic hydroxyl groups excluding tert-OH is 1. The molecule has 0 aromatic heterocycles. The van der Waals surface area contributed by atoms with Crippen molar-refractivity contribution < 1.29 is 14.6 Å². The summed E-state index contributed by atoms with van der Waals surface area (Å²) >= 11 is 6.16. The number of nitrogens with one attached hydrogen (secondary N) is 1. The third-order valence-electron chi connectivity index (χ3n) is 3.15. The maximum Gasteiger partial charge on any atom is 0.231 e. The third kappa shape index (κ3) is 2.53. The summed E-state index contributed by atoms with van der Waals surface area (Å²) in [4.78, 5) is 0. The predicted molar refractivity (Wildman–Crippen MR) is 77.5 cm³/mol. The zero-order chi connectivity index (χ0) is 13.9. The van der Waals surface area contributed by atoms with Crippen LogP contribution < -0.4 is 14.8 Å². The van der Waals surface area contributed by atoms with Crippen molar-refractivity contribution in [1.82, 2.24) is 0 Å². The van der Waals surface area contributed by atoms with Gasteiger partial charge in [-0.15, -0.1) is 0 Å². The molecular formula is C15H14ClNO3. The van der Waals surface area contributed by atoms with Crippen LogP contribution in [0.1, 0.15) is 11.6 Å². The second kappa shape index (κ2) is 5.61. The van der Waals surface area contributed by atoms with Crippen molar-refractivity contribution in [2.45, 2.75) is 6.04 Å². The molecule has 2 aromatic carbocycles. The average Bonchev–Trinajstić information content (AvgIpc) is 2.95. The van der Waals surface area contributed by atoms with E-state index in [1.807, 2.05) is 36.4 Å². The fourth-order valence-corrected chi connectivity index (χ4v) is 2.43. The number of rotatable bonds is 4. The molecule has 0 aliphatic carbocycles. The van der Waals surface area contributed by atoms with Gasteiger partial charge >= 0.3 is 0 Å². The summed E-state index contributed by atoms with van der Waals surface area (Å²) < 4.78 is 10.6. The monoisotopic (exact) mass is 291 g/mol. The molecule has 1 atom stereocenters. The molecule has 1 aliphatic rings. The van der Waals surface area contributed by atoms with Crippen LogP contribution in [0, 0.1) is 0 Å². The second-order valence-electron chi connectivity index (χ2n) is 4.48. The molecule has 0 saturated heterocycles. The van der Waals surface area contributed by atoms with E-state index in [-0.39, 0.29) is 19.4 Å². The topological polar surface area (TPSA) is 50.7 Å². The van der Waals surface area contributed by atoms with Gasteiger partial charge in [0, 0.05) is 5.69 Å². The van der Waals surface area contributed by atoms with Crippen LogP contribution in [0.3, 0.4) is 0 Å². The number of benzene rings is 2. The van der Waals surface area contributed by atoms with Gasteiger partial charge in [-0.1, -0.05) is 29.8 Å². The second-order valence-corrected chi connectivity index (χ2v) is 4.89. The zero-order valence-electron chi connectivity index (χ0n) is 10.7. The summed E-state index contributed by atoms with van der Waals surface area (Å²) in [6, 6.07) is 13.1. The van der Waals surface area contributed by atoms with E-state index in [0.29, 0.717) is 16.5 Å². The molecule has 5 heteroatoms. The smallest absolute Gasteiger partial charge is 0.231 e. The Balaban J connectivity index is 1.88. The molecule has 0 spiro atoms. The molecule has 4 nitrogen and oxygen atoms in total. The lowest BCUT2D eigenvalue weighted by Gasteiger charge is -2.18. The highest BCUT2D eigenvalue weighted by atomic mass is 35.5. The molecule has 20 heavy (non-hydrogen) atoms. The molecule has 0 saturated carbocycles. The molecule has 3 rings (SSSR count). The zero-order valence-corrected chi connectivity index (χ0v) is 11.4. The molecule has 2 aromatic rings. The van der Waals surface area contributed by atoms with Gasteiger partial charge in [0.15, 0.2) is 11.5 Å². The minimum Gasteiger partial charge on any atom is -0.454 e. The van der Waals surface area contributed by atoms with Gasteiger partial charge in [0.2, 0.25) is 6.79 Å². The number of fused-ring (bicyclic) bond motifs is 1. The van der Waals surface area contributed by atoms with Gasteiger partial charge in [-0.25, -0.2) is 0 Å². The number of halogens is 1. The number of ether oxygens (including phenoxy) is 2. The Morgan fingerprint density at radius 1 is 1.20 bits per heavy atom. The third-order valence-corrected chi connectivity index (χ3v) is 3.43. The van der Waals surface area contributed by atoms with E-state index >= 15 is 0 Å². The summed E-state index contributed by atoms with van der Waals surface area (Å²) in [5.41, 5.74) is 1.78. The van der Waals surface area contributed by atoms with E-state index in [1.54, 1.807) is 6.07 Å². The Morgan fingerprint density at radius 3 is 2.75 bits per heavy atom. The van der Waals surface area contributed by atoms with Crippen molar-refractivity contribution in [3.8, 4) is 11.5 Å². The minimum atomic E-state index is -0.260. The van der Waals surface area contributed by atoms with E-state index in [9.17, 15) is 5.11 Å². The fourth-order valence-electron chi connectivity index (χ4n) is 2.16. The molecule has 0 amide bonds. The molecule has 1 aliphatic heterocycles. The highest BCUT2D eigenvalue weighted by molar-refractivity contribution is 6.32. The Labute approximate surface area is 121 Å². The molecule has 2 N–H and O–H groups in total. The SMILES string of the molecule is OCC(Nc1ccccc1)c1cc(Cl)c2c(c1)OCO2. The maximum atomic E-state index is 9.60. The van der Waals surface area contributed by atoms with Crippen molar-refractivity contribution in [1.29, 1.82) is 0 Å². The van der Waals surface area contributed by atoms with Crippen LogP contribution in [-0.2, 0) is 0 Å². The van der Waals surface area contributed by atoms with Crippen molar-refractivity contribution >= 4 is 17.3 Å². The van der Waals surface area contributed by atoms with Gasteiger partial charge < -0.3 is 19.9 Å². The van der Waals surface area contributed by atoms with Crippen molar-refractivity contribution in [2.24, 2.45) is 0 Å². The molecule has 0 radical (unpaired) electrons. The van der Waals surface area contributed by atoms with E-state index in [0.717, 1.165) is 11.3 Å². The van der Waals surface area contributed by atoms with Gasteiger partial charge in [-0.05, 0) is 29.8 Å². The van der Waals surface area contributed by atoms with E-state index in [2.05, 4.69) is 5.32 Å². The van der Waals surface area contributed by atoms with E-state index < -0.39 is 0 Å². The number of anilines is 1. The first-order valence-electron chi connectivity index (χ1n) is 6.29. The fraction of sp³-hybridized carbons (Fsp3) is 0.200. The summed E-state index contributed by atoms with van der Waals surface area (Å²) in [6.45, 7) is 0.124. The largest absolute Gasteiger partial charge is 0.454 e. The van der Waals surface area contributed by atoms with Crippen LogP contribution in [0.25, 0.3) is 0 Å². The van der Waals surface area contributed by atoms with Gasteiger partial charge in [-0.3, -0.25) is 0 Å². The Hall–Kier alpha value is -1.91. The quantitative estimate of drug-likeness (QED) is 0.908. The van der Waals surface area contributed by atoms with E-state index in [1.165, 1.54) is 0 Å². The molecular weight excluding hydrogens is 278 g/mol. The summed E-state index contributed by atoms with van der Waals surface area (Å²) in [5.74, 6) is 1.17. The lowest BCUT2D eigenvalue weighted by molar-refractivity contribution is 0.174. The molecule has 1 heterocycles. The Morgan fingerprint density at radius 2 is 2.00 bits per heavy atom. The summed E-state index contributed by atoms with van der Waals surface area (Å²) in [5, 5.41) is 13.4. The highest BCUT2D eigenvalue weighted by Gasteiger charge is 2.21. The van der Waals surface area contributed by atoms with Crippen LogP contribution >= 0.6 is 11.6 Å². The normalized spacial score (nSPS) is 14.1. The molecule has 0 fully saturated rings. The van der Waals surface area contributed by atoms with Crippen molar-refractivity contribution in [2.75, 3.05) is 18.7 Å². The van der Waals surface area contributed by atoms with Crippen molar-refractivity contribution in [3.05, 3.63) is 53.1 Å².